The molecular weight excluding hydrogens is 1870 g/mol. The topological polar surface area (TPSA) is 220 Å². The molecule has 0 spiro atoms. The van der Waals surface area contributed by atoms with Gasteiger partial charge in [-0.2, -0.15) is 0 Å². The number of amides is 1. The fraction of sp³-hybridized carbons (Fsp3) is 0.397. The lowest BCUT2D eigenvalue weighted by atomic mass is 9.82. The van der Waals surface area contributed by atoms with Crippen molar-refractivity contribution in [3.8, 4) is 44.2 Å². The van der Waals surface area contributed by atoms with Gasteiger partial charge in [0.25, 0.3) is 5.91 Å². The zero-order valence-electron chi connectivity index (χ0n) is 82.2. The standard InChI is InChI=1S/C30H33N3O2S2.C30H32N2O2S.2C28H30N2O2S2/c1-3-26(34)19-12-13-25-24(15-19)32-29(23-17-36-27-10-5-4-9-22(23)27)33(25)21-8-6-7-20(16-21)31-30(35)28-14-11-18(2)37-28;1-4-27(33)23-13-14-26-25(18-23)31-30(22-11-8-19(2)9-12-22)32(26)24-7-5-6-21(16-24)17-28(34)29-15-10-20(3)35-29;1-4-24(31)20-10-11-23-22(16-20)29-28(27-13-9-18(3)34-27)30(23)21-7-5-6-19(14-21)15-25(32)26-12-8-17(2)33-26;1-4-24(31)20-9-10-23-22(16-20)29-28(27-17(2)12-13-33-27)30(23)21-7-5-6-19(14-21)15-25(32)26-11-8-18(3)34-26/h11-15,17,20-21H,3-10,16H2,1-2H3,(H,31,35);8-15,18,21,24H,4-7,16-17H2,1-3H3;2*8-13,16,19,21H,4-7,14-15H2,1-3H3/t20-,21+;21-,24+;2*19-,21+/m1111/s1. The summed E-state index contributed by atoms with van der Waals surface area (Å²) in [6.45, 7) is 22.1. The highest BCUT2D eigenvalue weighted by Crippen LogP contribution is 2.48. The van der Waals surface area contributed by atoms with Gasteiger partial charge in [0.1, 0.15) is 11.6 Å². The van der Waals surface area contributed by atoms with Crippen LogP contribution in [0.15, 0.2) is 175 Å². The molecule has 11 heterocycles. The van der Waals surface area contributed by atoms with E-state index in [1.54, 1.807) is 68.0 Å². The Labute approximate surface area is 848 Å². The second kappa shape index (κ2) is 44.3. The van der Waals surface area contributed by atoms with Crippen LogP contribution < -0.4 is 5.32 Å². The van der Waals surface area contributed by atoms with E-state index < -0.39 is 0 Å². The molecule has 0 saturated heterocycles. The van der Waals surface area contributed by atoms with Gasteiger partial charge in [-0.15, -0.1) is 79.4 Å². The summed E-state index contributed by atoms with van der Waals surface area (Å²) in [6, 6.07) is 56.0. The van der Waals surface area contributed by atoms with Crippen LogP contribution in [-0.4, -0.2) is 90.6 Å². The number of carbonyl (C=O) groups excluding carboxylic acids is 8. The monoisotopic (exact) mass is 2000 g/mol. The van der Waals surface area contributed by atoms with Crippen LogP contribution in [0, 0.1) is 66.2 Å². The van der Waals surface area contributed by atoms with E-state index in [1.165, 1.54) is 64.4 Å². The Kier molecular flexibility index (Phi) is 31.4. The molecule has 0 unspecified atom stereocenters. The molecule has 0 radical (unpaired) electrons. The van der Waals surface area contributed by atoms with Gasteiger partial charge in [-0.25, -0.2) is 19.9 Å². The molecule has 1 amide bonds. The van der Waals surface area contributed by atoms with Crippen LogP contribution in [0.25, 0.3) is 88.3 Å². The maximum absolute atomic E-state index is 12.9. The highest BCUT2D eigenvalue weighted by molar-refractivity contribution is 7.16. The van der Waals surface area contributed by atoms with Crippen molar-refractivity contribution in [3.05, 3.63) is 262 Å². The molecule has 4 saturated carbocycles. The van der Waals surface area contributed by atoms with Crippen molar-refractivity contribution in [1.82, 2.24) is 43.5 Å². The van der Waals surface area contributed by atoms with Gasteiger partial charge in [0.05, 0.1) is 73.4 Å². The van der Waals surface area contributed by atoms with Crippen LogP contribution in [-0.2, 0) is 12.8 Å². The first-order chi connectivity index (χ1) is 67.8. The number of thiophene rings is 7. The van der Waals surface area contributed by atoms with Crippen LogP contribution in [0.1, 0.15) is 338 Å². The Morgan fingerprint density at radius 1 is 0.350 bits per heavy atom. The van der Waals surface area contributed by atoms with Gasteiger partial charge in [0.15, 0.2) is 52.1 Å². The number of fused-ring (bicyclic) bond motifs is 5. The molecule has 16 aromatic rings. The van der Waals surface area contributed by atoms with E-state index in [0.29, 0.717) is 74.8 Å². The third-order valence-corrected chi connectivity index (χ3v) is 36.3. The average molecular weight is 2000 g/mol. The summed E-state index contributed by atoms with van der Waals surface area (Å²) < 4.78 is 9.61. The van der Waals surface area contributed by atoms with Gasteiger partial charge in [0, 0.05) is 143 Å². The van der Waals surface area contributed by atoms with Crippen LogP contribution in [0.3, 0.4) is 0 Å². The third kappa shape index (κ3) is 22.1. The number of aromatic nitrogens is 8. The molecule has 4 fully saturated rings. The van der Waals surface area contributed by atoms with E-state index in [1.807, 2.05) is 150 Å². The van der Waals surface area contributed by atoms with Crippen LogP contribution in [0.5, 0.6) is 0 Å². The molecule has 8 atom stereocenters. The molecular formula is C116H125N9O8S7. The Hall–Kier alpha value is -11.0. The number of aryl methyl sites for hydroxylation is 8. The molecule has 24 heteroatoms. The van der Waals surface area contributed by atoms with Crippen LogP contribution in [0.2, 0.25) is 0 Å². The molecule has 5 aliphatic rings. The van der Waals surface area contributed by atoms with Crippen LogP contribution in [0.4, 0.5) is 0 Å². The molecule has 11 aromatic heterocycles. The van der Waals surface area contributed by atoms with Crippen molar-refractivity contribution in [3.63, 3.8) is 0 Å². The van der Waals surface area contributed by atoms with Gasteiger partial charge in [0.2, 0.25) is 0 Å². The highest BCUT2D eigenvalue weighted by Gasteiger charge is 2.37. The van der Waals surface area contributed by atoms with Gasteiger partial charge >= 0.3 is 0 Å². The minimum absolute atomic E-state index is 0.0362. The van der Waals surface area contributed by atoms with Crippen molar-refractivity contribution < 1.29 is 38.4 Å². The molecule has 140 heavy (non-hydrogen) atoms. The second-order valence-corrected chi connectivity index (χ2v) is 47.5. The summed E-state index contributed by atoms with van der Waals surface area (Å²) in [7, 11) is 0. The van der Waals surface area contributed by atoms with Crippen molar-refractivity contribution in [2.75, 3.05) is 0 Å². The number of ketones is 7. The van der Waals surface area contributed by atoms with Crippen molar-refractivity contribution in [2.45, 2.75) is 280 Å². The van der Waals surface area contributed by atoms with E-state index >= 15 is 0 Å². The Bertz CT molecular complexity index is 7280. The molecule has 5 aliphatic carbocycles. The summed E-state index contributed by atoms with van der Waals surface area (Å²) in [5, 5.41) is 7.73. The van der Waals surface area contributed by atoms with E-state index in [2.05, 4.69) is 136 Å². The number of Topliss-reactive ketones (excluding diaryl/α,β-unsaturated/α-hetero) is 7. The number of imidazole rings is 4. The zero-order valence-corrected chi connectivity index (χ0v) is 87.9. The number of carbonyl (C=O) groups is 8. The van der Waals surface area contributed by atoms with E-state index in [0.717, 1.165) is 240 Å². The quantitative estimate of drug-likeness (QED) is 0.0475. The molecule has 0 bridgehead atoms. The smallest absolute Gasteiger partial charge is 0.261 e. The second-order valence-electron chi connectivity index (χ2n) is 39.2. The number of nitrogens with zero attached hydrogens (tertiary/aromatic N) is 8. The summed E-state index contributed by atoms with van der Waals surface area (Å²) in [4.78, 5) is 135. The Balaban J connectivity index is 0.000000124. The summed E-state index contributed by atoms with van der Waals surface area (Å²) >= 11 is 11.7. The molecule has 17 nitrogen and oxygen atoms in total. The first-order valence-corrected chi connectivity index (χ1v) is 56.3. The predicted molar refractivity (Wildman–Crippen MR) is 578 cm³/mol. The SMILES string of the molecule is CCC(=O)c1ccc2c(c1)nc(-c1ccc(C)cc1)n2[C@H]1CCC[C@@H](CC(=O)c2ccc(C)s2)C1.CCC(=O)c1ccc2c(c1)nc(-c1ccc(C)s1)n2[C@H]1CCC[C@@H](CC(=O)c2ccc(C)s2)C1.CCC(=O)c1ccc2c(c1)nc(-c1csc3c1CCCC3)n2[C@H]1CCC[C@@H](NC(=O)c2ccc(C)s2)C1.CCC(=O)c1ccc2c(c1)nc(-c1sccc1C)n2[C@H]1CCC[C@@H](CC(=O)c2ccc(C)s2)C1. The first kappa shape index (κ1) is 99.2. The first-order valence-electron chi connectivity index (χ1n) is 50.5. The largest absolute Gasteiger partial charge is 0.349 e. The average Bonchev–Trinajstić information content (AvgIpc) is 1.53. The fourth-order valence-corrected chi connectivity index (χ4v) is 28.0. The third-order valence-electron chi connectivity index (χ3n) is 29.1. The molecule has 21 rings (SSSR count). The van der Waals surface area contributed by atoms with Gasteiger partial charge in [-0.1, -0.05) is 76.8 Å². The van der Waals surface area contributed by atoms with Gasteiger partial charge in [-0.05, 0) is 331 Å². The van der Waals surface area contributed by atoms with E-state index in [9.17, 15) is 38.4 Å². The van der Waals surface area contributed by atoms with Crippen molar-refractivity contribution in [1.29, 1.82) is 0 Å². The number of benzene rings is 5. The van der Waals surface area contributed by atoms with E-state index in [-0.39, 0.29) is 64.5 Å². The normalized spacial score (nSPS) is 18.7. The predicted octanol–water partition coefficient (Wildman–Crippen LogP) is 31.6. The summed E-state index contributed by atoms with van der Waals surface area (Å²) in [5.74, 6) is 6.51. The Morgan fingerprint density at radius 2 is 0.729 bits per heavy atom. The lowest BCUT2D eigenvalue weighted by molar-refractivity contribution is 0.0919. The highest BCUT2D eigenvalue weighted by atomic mass is 32.1. The number of hydrogen-bond acceptors (Lipinski definition) is 19. The Morgan fingerprint density at radius 3 is 1.14 bits per heavy atom. The lowest BCUT2D eigenvalue weighted by Gasteiger charge is -2.32. The summed E-state index contributed by atoms with van der Waals surface area (Å²) in [5.41, 5.74) is 17.0. The molecule has 5 aromatic carbocycles. The molecule has 0 aliphatic heterocycles. The maximum atomic E-state index is 12.9. The van der Waals surface area contributed by atoms with Gasteiger partial charge < -0.3 is 23.6 Å². The summed E-state index contributed by atoms with van der Waals surface area (Å²) in [6.07, 6.45) is 25.4. The van der Waals surface area contributed by atoms with Gasteiger partial charge in [-0.3, -0.25) is 38.4 Å². The maximum Gasteiger partial charge on any atom is 0.261 e. The lowest BCUT2D eigenvalue weighted by Crippen LogP contribution is -2.38. The number of nitrogens with one attached hydrogen (secondary N) is 1. The number of rotatable bonds is 27. The fourth-order valence-electron chi connectivity index (χ4n) is 21.9. The van der Waals surface area contributed by atoms with E-state index in [4.69, 9.17) is 19.9 Å². The zero-order chi connectivity index (χ0) is 97.7. The molecule has 1 N–H and O–H groups in total. The van der Waals surface area contributed by atoms with Crippen molar-refractivity contribution in [2.24, 2.45) is 17.8 Å². The molecule has 724 valence electrons. The number of hydrogen-bond donors (Lipinski definition) is 1. The minimum atomic E-state index is 0.0362. The minimum Gasteiger partial charge on any atom is -0.349 e. The van der Waals surface area contributed by atoms with Crippen LogP contribution >= 0.6 is 79.4 Å². The van der Waals surface area contributed by atoms with Crippen molar-refractivity contribution >= 4 is 170 Å².